The first-order valence-electron chi connectivity index (χ1n) is 11.4. The van der Waals surface area contributed by atoms with E-state index in [1.165, 1.54) is 28.6 Å². The summed E-state index contributed by atoms with van der Waals surface area (Å²) in [7, 11) is -3.76. The Morgan fingerprint density at radius 2 is 1.76 bits per heavy atom. The summed E-state index contributed by atoms with van der Waals surface area (Å²) in [5.74, 6) is -1.31. The summed E-state index contributed by atoms with van der Waals surface area (Å²) in [6, 6.07) is 14.0. The van der Waals surface area contributed by atoms with Gasteiger partial charge in [-0.3, -0.25) is 19.7 Å². The predicted molar refractivity (Wildman–Crippen MR) is 139 cm³/mol. The predicted octanol–water partition coefficient (Wildman–Crippen LogP) is 2.71. The van der Waals surface area contributed by atoms with E-state index in [0.717, 1.165) is 17.0 Å². The lowest BCUT2D eigenvalue weighted by Crippen LogP contribution is -2.42. The molecular weight excluding hydrogens is 518 g/mol. The van der Waals surface area contributed by atoms with Crippen molar-refractivity contribution in [3.63, 3.8) is 0 Å². The van der Waals surface area contributed by atoms with E-state index in [0.29, 0.717) is 36.4 Å². The van der Waals surface area contributed by atoms with Gasteiger partial charge in [0, 0.05) is 58.9 Å². The zero-order valence-corrected chi connectivity index (χ0v) is 21.3. The lowest BCUT2D eigenvalue weighted by Gasteiger charge is -2.31. The Labute approximate surface area is 217 Å². The number of anilines is 1. The van der Waals surface area contributed by atoms with Gasteiger partial charge in [0.25, 0.3) is 15.7 Å². The third-order valence-electron chi connectivity index (χ3n) is 6.17. The smallest absolute Gasteiger partial charge is 0.273 e. The monoisotopic (exact) mass is 543 g/mol. The number of piperidine rings is 1. The summed E-state index contributed by atoms with van der Waals surface area (Å²) in [6.07, 6.45) is 1.14. The maximum absolute atomic E-state index is 13.3. The number of amides is 2. The molecule has 1 aliphatic rings. The minimum atomic E-state index is -3.76. The maximum Gasteiger partial charge on any atom is 0.273 e. The number of nitrogens with one attached hydrogen (secondary N) is 1. The van der Waals surface area contributed by atoms with Crippen LogP contribution in [0.3, 0.4) is 0 Å². The van der Waals surface area contributed by atoms with Gasteiger partial charge in [-0.1, -0.05) is 12.1 Å². The van der Waals surface area contributed by atoms with Gasteiger partial charge >= 0.3 is 0 Å². The molecule has 0 saturated carbocycles. The van der Waals surface area contributed by atoms with Crippen LogP contribution in [0, 0.1) is 10.1 Å². The third-order valence-corrected chi connectivity index (χ3v) is 9.62. The molecule has 13 heteroatoms. The normalized spacial score (nSPS) is 14.8. The number of thiophene rings is 1. The average Bonchev–Trinajstić information content (AvgIpc) is 3.34. The lowest BCUT2D eigenvalue weighted by atomic mass is 10.0. The summed E-state index contributed by atoms with van der Waals surface area (Å²) in [5, 5.41) is 14.8. The maximum atomic E-state index is 13.3. The van der Waals surface area contributed by atoms with Crippen molar-refractivity contribution in [2.45, 2.75) is 29.5 Å². The molecule has 5 N–H and O–H groups in total. The molecule has 1 aromatic heterocycles. The molecule has 0 aliphatic carbocycles. The van der Waals surface area contributed by atoms with Crippen molar-refractivity contribution in [1.29, 1.82) is 0 Å². The first kappa shape index (κ1) is 26.3. The van der Waals surface area contributed by atoms with Crippen molar-refractivity contribution in [3.05, 3.63) is 86.3 Å². The quantitative estimate of drug-likeness (QED) is 0.274. The fourth-order valence-corrected chi connectivity index (χ4v) is 7.29. The standard InChI is InChI=1S/C24H25N5O6S2/c25-23(30)15-3-1-4-17(13-15)27-16-9-11-28(12-10-16)37(34,35)22-8-7-18(36-22)14-20-19(24(26)31)5-2-6-21(20)29(32)33/h1-8,13,16,27H,9-12,14H2,(H2,25,30)(H2,26,31). The van der Waals surface area contributed by atoms with Crippen molar-refractivity contribution in [3.8, 4) is 0 Å². The van der Waals surface area contributed by atoms with Crippen LogP contribution >= 0.6 is 11.3 Å². The molecule has 11 nitrogen and oxygen atoms in total. The summed E-state index contributed by atoms with van der Waals surface area (Å²) < 4.78 is 28.1. The molecule has 4 rings (SSSR count). The van der Waals surface area contributed by atoms with Crippen molar-refractivity contribution >= 4 is 44.5 Å². The molecule has 2 amide bonds. The first-order valence-corrected chi connectivity index (χ1v) is 13.6. The van der Waals surface area contributed by atoms with Crippen molar-refractivity contribution in [1.82, 2.24) is 4.31 Å². The number of sulfonamides is 1. The molecule has 1 fully saturated rings. The Morgan fingerprint density at radius 3 is 2.41 bits per heavy atom. The van der Waals surface area contributed by atoms with Gasteiger partial charge in [-0.2, -0.15) is 4.31 Å². The van der Waals surface area contributed by atoms with E-state index in [9.17, 15) is 28.1 Å². The summed E-state index contributed by atoms with van der Waals surface area (Å²) >= 11 is 1.01. The van der Waals surface area contributed by atoms with Crippen molar-refractivity contribution in [2.75, 3.05) is 18.4 Å². The van der Waals surface area contributed by atoms with Crippen molar-refractivity contribution in [2.24, 2.45) is 11.5 Å². The van der Waals surface area contributed by atoms with Gasteiger partial charge in [0.15, 0.2) is 0 Å². The van der Waals surface area contributed by atoms with Crippen LogP contribution in [0.5, 0.6) is 0 Å². The van der Waals surface area contributed by atoms with Crippen LogP contribution in [0.2, 0.25) is 0 Å². The minimum Gasteiger partial charge on any atom is -0.382 e. The number of nitro benzene ring substituents is 1. The Hall–Kier alpha value is -3.81. The number of hydrogen-bond acceptors (Lipinski definition) is 8. The summed E-state index contributed by atoms with van der Waals surface area (Å²) in [5.41, 5.74) is 11.8. The van der Waals surface area contributed by atoms with Gasteiger partial charge in [-0.05, 0) is 49.2 Å². The highest BCUT2D eigenvalue weighted by Gasteiger charge is 2.31. The minimum absolute atomic E-state index is 0.00593. The van der Waals surface area contributed by atoms with E-state index in [1.54, 1.807) is 24.3 Å². The first-order chi connectivity index (χ1) is 17.6. The second kappa shape index (κ2) is 10.7. The number of carbonyl (C=O) groups excluding carboxylic acids is 2. The molecule has 2 heterocycles. The van der Waals surface area contributed by atoms with Crippen molar-refractivity contribution < 1.29 is 22.9 Å². The summed E-state index contributed by atoms with van der Waals surface area (Å²) in [6.45, 7) is 0.609. The molecule has 194 valence electrons. The highest BCUT2D eigenvalue weighted by molar-refractivity contribution is 7.91. The topological polar surface area (TPSA) is 179 Å². The van der Waals surface area contributed by atoms with Gasteiger partial charge in [-0.15, -0.1) is 11.3 Å². The van der Waals surface area contributed by atoms with Crippen LogP contribution in [0.15, 0.2) is 58.8 Å². The molecule has 0 spiro atoms. The van der Waals surface area contributed by atoms with Gasteiger partial charge in [0.1, 0.15) is 4.21 Å². The SMILES string of the molecule is NC(=O)c1cccc(NC2CCN(S(=O)(=O)c3ccc(Cc4c(C(N)=O)cccc4[N+](=O)[O-])s3)CC2)c1. The number of primary amides is 2. The average molecular weight is 544 g/mol. The molecule has 1 aliphatic heterocycles. The van der Waals surface area contributed by atoms with Crippen LogP contribution in [-0.2, 0) is 16.4 Å². The van der Waals surface area contributed by atoms with Crippen LogP contribution in [-0.4, -0.2) is 48.6 Å². The molecule has 0 unspecified atom stereocenters. The second-order valence-corrected chi connectivity index (χ2v) is 11.9. The van der Waals surface area contributed by atoms with E-state index >= 15 is 0 Å². The molecule has 0 radical (unpaired) electrons. The number of benzene rings is 2. The number of hydrogen-bond donors (Lipinski definition) is 3. The fraction of sp³-hybridized carbons (Fsp3) is 0.250. The van der Waals surface area contributed by atoms with Gasteiger partial charge in [0.05, 0.1) is 4.92 Å². The lowest BCUT2D eigenvalue weighted by molar-refractivity contribution is -0.385. The number of nitrogens with two attached hydrogens (primary N) is 2. The van der Waals surface area contributed by atoms with E-state index < -0.39 is 26.8 Å². The van der Waals surface area contributed by atoms with E-state index in [4.69, 9.17) is 11.5 Å². The molecule has 1 saturated heterocycles. The van der Waals surface area contributed by atoms with Gasteiger partial charge in [-0.25, -0.2) is 8.42 Å². The fourth-order valence-electron chi connectivity index (χ4n) is 4.29. The van der Waals surface area contributed by atoms with E-state index in [2.05, 4.69) is 5.32 Å². The Balaban J connectivity index is 1.45. The molecule has 37 heavy (non-hydrogen) atoms. The van der Waals surface area contributed by atoms with E-state index in [-0.39, 0.29) is 33.5 Å². The number of nitro groups is 1. The van der Waals surface area contributed by atoms with Crippen LogP contribution < -0.4 is 16.8 Å². The van der Waals surface area contributed by atoms with Crippen LogP contribution in [0.1, 0.15) is 44.0 Å². The van der Waals surface area contributed by atoms with Gasteiger partial charge < -0.3 is 16.8 Å². The Bertz CT molecular complexity index is 1430. The molecular formula is C24H25N5O6S2. The Morgan fingerprint density at radius 1 is 1.05 bits per heavy atom. The number of nitrogens with zero attached hydrogens (tertiary/aromatic N) is 2. The van der Waals surface area contributed by atoms with Crippen LogP contribution in [0.25, 0.3) is 0 Å². The zero-order chi connectivity index (χ0) is 26.7. The number of carbonyl (C=O) groups is 2. The molecule has 0 bridgehead atoms. The largest absolute Gasteiger partial charge is 0.382 e. The highest BCUT2D eigenvalue weighted by atomic mass is 32.2. The second-order valence-electron chi connectivity index (χ2n) is 8.59. The molecule has 2 aromatic carbocycles. The molecule has 0 atom stereocenters. The summed E-state index contributed by atoms with van der Waals surface area (Å²) in [4.78, 5) is 34.7. The third kappa shape index (κ3) is 5.79. The Kier molecular flexibility index (Phi) is 7.57. The van der Waals surface area contributed by atoms with Crippen LogP contribution in [0.4, 0.5) is 11.4 Å². The van der Waals surface area contributed by atoms with Gasteiger partial charge in [0.2, 0.25) is 11.8 Å². The molecule has 3 aromatic rings. The zero-order valence-electron chi connectivity index (χ0n) is 19.6. The number of rotatable bonds is 9. The highest BCUT2D eigenvalue weighted by Crippen LogP contribution is 2.32. The van der Waals surface area contributed by atoms with E-state index in [1.807, 2.05) is 6.07 Å².